The van der Waals surface area contributed by atoms with Crippen LogP contribution in [0.5, 0.6) is 0 Å². The fourth-order valence-electron chi connectivity index (χ4n) is 1.17. The minimum Gasteiger partial charge on any atom is -0.328 e. The van der Waals surface area contributed by atoms with Crippen LogP contribution in [0.3, 0.4) is 0 Å². The van der Waals surface area contributed by atoms with Crippen molar-refractivity contribution >= 4 is 24.0 Å². The van der Waals surface area contributed by atoms with E-state index in [1.807, 2.05) is 6.92 Å². The summed E-state index contributed by atoms with van der Waals surface area (Å²) in [5, 5.41) is 0.818. The van der Waals surface area contributed by atoms with Crippen LogP contribution in [0.1, 0.15) is 19.8 Å². The third-order valence-electron chi connectivity index (χ3n) is 1.75. The van der Waals surface area contributed by atoms with Gasteiger partial charge >= 0.3 is 8.03 Å². The third-order valence-corrected chi connectivity index (χ3v) is 3.83. The first-order valence-corrected chi connectivity index (χ1v) is 6.45. The van der Waals surface area contributed by atoms with Gasteiger partial charge in [-0.3, -0.25) is 0 Å². The third kappa shape index (κ3) is 2.77. The summed E-state index contributed by atoms with van der Waals surface area (Å²) in [5.41, 5.74) is 0. The molecule has 0 N–H and O–H groups in total. The maximum absolute atomic E-state index is 11.3. The van der Waals surface area contributed by atoms with Crippen molar-refractivity contribution in [1.82, 2.24) is 0 Å². The van der Waals surface area contributed by atoms with Gasteiger partial charge < -0.3 is 4.74 Å². The summed E-state index contributed by atoms with van der Waals surface area (Å²) in [6.07, 6.45) is 2.05. The highest BCUT2D eigenvalue weighted by Crippen LogP contribution is 2.39. The molecule has 0 bridgehead atoms. The predicted molar refractivity (Wildman–Crippen MR) is 50.9 cm³/mol. The van der Waals surface area contributed by atoms with Gasteiger partial charge in [-0.25, -0.2) is 0 Å². The molecule has 0 aromatic carbocycles. The quantitative estimate of drug-likeness (QED) is 0.573. The van der Waals surface area contributed by atoms with Crippen molar-refractivity contribution in [2.75, 3.05) is 11.9 Å². The molecule has 0 saturated carbocycles. The Morgan fingerprint density at radius 1 is 1.67 bits per heavy atom. The van der Waals surface area contributed by atoms with E-state index in [1.165, 1.54) is 0 Å². The molecule has 1 aliphatic heterocycles. The second kappa shape index (κ2) is 5.28. The molecule has 1 aliphatic rings. The molecule has 0 aromatic heterocycles. The summed E-state index contributed by atoms with van der Waals surface area (Å²) in [6, 6.07) is 0. The van der Waals surface area contributed by atoms with Gasteiger partial charge in [0.1, 0.15) is 0 Å². The molecule has 3 atom stereocenters. The summed E-state index contributed by atoms with van der Waals surface area (Å²) < 4.78 is 21.7. The van der Waals surface area contributed by atoms with Gasteiger partial charge in [-0.15, -0.1) is 4.52 Å². The van der Waals surface area contributed by atoms with Crippen LogP contribution < -0.4 is 0 Å². The van der Waals surface area contributed by atoms with Gasteiger partial charge in [-0.2, -0.15) is 0 Å². The Morgan fingerprint density at radius 3 is 2.92 bits per heavy atom. The molecule has 1 heterocycles. The Balaban J connectivity index is 2.31. The van der Waals surface area contributed by atoms with Gasteiger partial charge in [-0.1, -0.05) is 15.9 Å². The number of hydrogen-bond acceptors (Lipinski definition) is 3. The van der Waals surface area contributed by atoms with Gasteiger partial charge in [0, 0.05) is 11.8 Å². The molecular formula is C7H13BrO3P+. The van der Waals surface area contributed by atoms with Crippen molar-refractivity contribution < 1.29 is 13.8 Å². The number of rotatable bonds is 4. The molecule has 1 unspecified atom stereocenters. The summed E-state index contributed by atoms with van der Waals surface area (Å²) in [5.74, 6) is -0.178. The largest absolute Gasteiger partial charge is 0.540 e. The van der Waals surface area contributed by atoms with Crippen molar-refractivity contribution in [3.8, 4) is 0 Å². The molecule has 70 valence electrons. The first kappa shape index (κ1) is 10.6. The fourth-order valence-corrected chi connectivity index (χ4v) is 2.69. The molecule has 5 heteroatoms. The maximum Gasteiger partial charge on any atom is 0.540 e. The SMILES string of the molecule is CCO[P+](=O)[C@H]1CC[C@H](CBr)O1. The number of halogens is 1. The van der Waals surface area contributed by atoms with Crippen LogP contribution in [0.25, 0.3) is 0 Å². The Bertz CT molecular complexity index is 165. The zero-order chi connectivity index (χ0) is 8.97. The summed E-state index contributed by atoms with van der Waals surface area (Å²) in [6.45, 7) is 2.33. The maximum atomic E-state index is 11.3. The molecule has 12 heavy (non-hydrogen) atoms. The van der Waals surface area contributed by atoms with Crippen molar-refractivity contribution in [3.05, 3.63) is 0 Å². The first-order chi connectivity index (χ1) is 5.77. The molecular weight excluding hydrogens is 243 g/mol. The van der Waals surface area contributed by atoms with Crippen LogP contribution in [-0.2, 0) is 13.8 Å². The highest BCUT2D eigenvalue weighted by atomic mass is 79.9. The Labute approximate surface area is 81.8 Å². The van der Waals surface area contributed by atoms with E-state index in [-0.39, 0.29) is 11.9 Å². The van der Waals surface area contributed by atoms with Gasteiger partial charge in [0.2, 0.25) is 0 Å². The normalized spacial score (nSPS) is 30.7. The lowest BCUT2D eigenvalue weighted by Gasteiger charge is -2.02. The lowest BCUT2D eigenvalue weighted by molar-refractivity contribution is 0.0961. The van der Waals surface area contributed by atoms with Crippen LogP contribution in [0.15, 0.2) is 0 Å². The van der Waals surface area contributed by atoms with Crippen LogP contribution >= 0.6 is 24.0 Å². The smallest absolute Gasteiger partial charge is 0.328 e. The Kier molecular flexibility index (Phi) is 4.65. The fraction of sp³-hybridized carbons (Fsp3) is 1.00. The second-order valence-corrected chi connectivity index (χ2v) is 4.70. The Hall–Kier alpha value is 0.500. The molecule has 0 spiro atoms. The molecule has 1 fully saturated rings. The first-order valence-electron chi connectivity index (χ1n) is 4.08. The van der Waals surface area contributed by atoms with Crippen LogP contribution in [0.2, 0.25) is 0 Å². The number of alkyl halides is 1. The molecule has 0 aliphatic carbocycles. The van der Waals surface area contributed by atoms with E-state index in [0.29, 0.717) is 6.61 Å². The van der Waals surface area contributed by atoms with Crippen LogP contribution in [-0.4, -0.2) is 23.9 Å². The molecule has 3 nitrogen and oxygen atoms in total. The van der Waals surface area contributed by atoms with Gasteiger partial charge in [-0.05, 0) is 17.9 Å². The second-order valence-electron chi connectivity index (χ2n) is 2.65. The van der Waals surface area contributed by atoms with Gasteiger partial charge in [0.15, 0.2) is 0 Å². The van der Waals surface area contributed by atoms with Crippen molar-refractivity contribution in [1.29, 1.82) is 0 Å². The van der Waals surface area contributed by atoms with E-state index in [2.05, 4.69) is 15.9 Å². The molecule has 0 amide bonds. The summed E-state index contributed by atoms with van der Waals surface area (Å²) in [7, 11) is -1.61. The lowest BCUT2D eigenvalue weighted by Crippen LogP contribution is -2.09. The Morgan fingerprint density at radius 2 is 2.42 bits per heavy atom. The molecule has 0 aromatic rings. The number of ether oxygens (including phenoxy) is 1. The lowest BCUT2D eigenvalue weighted by atomic mass is 10.3. The van der Waals surface area contributed by atoms with E-state index in [1.54, 1.807) is 0 Å². The summed E-state index contributed by atoms with van der Waals surface area (Å²) in [4.78, 5) is 0. The predicted octanol–water partition coefficient (Wildman–Crippen LogP) is 2.67. The van der Waals surface area contributed by atoms with Gasteiger partial charge in [0.25, 0.3) is 5.85 Å². The standard InChI is InChI=1S/C7H13BrO3P/c1-2-10-12(9)7-4-3-6(5-8)11-7/h6-7H,2-5H2,1H3/q+1/t6-,7+/m1/s1. The van der Waals surface area contributed by atoms with E-state index in [0.717, 1.165) is 18.2 Å². The minimum absolute atomic E-state index is 0.178. The highest BCUT2D eigenvalue weighted by molar-refractivity contribution is 9.09. The van der Waals surface area contributed by atoms with E-state index in [4.69, 9.17) is 9.26 Å². The monoisotopic (exact) mass is 255 g/mol. The van der Waals surface area contributed by atoms with Crippen molar-refractivity contribution in [2.24, 2.45) is 0 Å². The van der Waals surface area contributed by atoms with Crippen LogP contribution in [0, 0.1) is 0 Å². The zero-order valence-corrected chi connectivity index (χ0v) is 9.51. The van der Waals surface area contributed by atoms with E-state index in [9.17, 15) is 4.57 Å². The van der Waals surface area contributed by atoms with Crippen molar-refractivity contribution in [3.63, 3.8) is 0 Å². The van der Waals surface area contributed by atoms with E-state index >= 15 is 0 Å². The molecule has 1 rings (SSSR count). The minimum atomic E-state index is -1.61. The van der Waals surface area contributed by atoms with E-state index < -0.39 is 8.03 Å². The average molecular weight is 256 g/mol. The highest BCUT2D eigenvalue weighted by Gasteiger charge is 2.40. The zero-order valence-electron chi connectivity index (χ0n) is 7.03. The topological polar surface area (TPSA) is 35.5 Å². The summed E-state index contributed by atoms with van der Waals surface area (Å²) >= 11 is 3.33. The molecule has 0 radical (unpaired) electrons. The van der Waals surface area contributed by atoms with Crippen LogP contribution in [0.4, 0.5) is 0 Å². The van der Waals surface area contributed by atoms with Gasteiger partial charge in [0.05, 0.1) is 12.7 Å². The van der Waals surface area contributed by atoms with Crippen molar-refractivity contribution in [2.45, 2.75) is 31.7 Å². The molecule has 1 saturated heterocycles. The average Bonchev–Trinajstić information content (AvgIpc) is 2.52. The number of hydrogen-bond donors (Lipinski definition) is 0.